The van der Waals surface area contributed by atoms with Crippen molar-refractivity contribution in [2.75, 3.05) is 6.54 Å². The average Bonchev–Trinajstić information content (AvgIpc) is 3.20. The molecule has 0 radical (unpaired) electrons. The van der Waals surface area contributed by atoms with Gasteiger partial charge in [-0.1, -0.05) is 6.07 Å². The quantitative estimate of drug-likeness (QED) is 0.734. The van der Waals surface area contributed by atoms with Gasteiger partial charge in [0.25, 0.3) is 0 Å². The van der Waals surface area contributed by atoms with E-state index in [-0.39, 0.29) is 0 Å². The summed E-state index contributed by atoms with van der Waals surface area (Å²) < 4.78 is 7.10. The van der Waals surface area contributed by atoms with Crippen molar-refractivity contribution in [1.29, 1.82) is 0 Å². The van der Waals surface area contributed by atoms with Gasteiger partial charge >= 0.3 is 0 Å². The van der Waals surface area contributed by atoms with Gasteiger partial charge in [-0.2, -0.15) is 5.10 Å². The Morgan fingerprint density at radius 2 is 2.27 bits per heavy atom. The molecule has 0 bridgehead atoms. The van der Waals surface area contributed by atoms with Crippen molar-refractivity contribution in [1.82, 2.24) is 15.1 Å². The van der Waals surface area contributed by atoms with Gasteiger partial charge in [-0.15, -0.1) is 11.3 Å². The molecule has 1 unspecified atom stereocenters. The molecule has 0 aliphatic rings. The standard InChI is InChI=1S/C16H19N3O2S/c1-16(20,14-6-3-7-21-14)11-17-9-12-10-19(2)18-15(12)13-5-4-8-22-13/h3-8,10,17,20H,9,11H2,1-2H3. The molecule has 0 aliphatic heterocycles. The normalized spacial score (nSPS) is 14.1. The number of aryl methyl sites for hydroxylation is 1. The van der Waals surface area contributed by atoms with E-state index in [1.54, 1.807) is 36.7 Å². The fourth-order valence-corrected chi connectivity index (χ4v) is 3.14. The Labute approximate surface area is 133 Å². The van der Waals surface area contributed by atoms with E-state index in [4.69, 9.17) is 4.42 Å². The highest BCUT2D eigenvalue weighted by Crippen LogP contribution is 2.26. The van der Waals surface area contributed by atoms with Crippen LogP contribution in [0.1, 0.15) is 18.2 Å². The molecule has 22 heavy (non-hydrogen) atoms. The molecule has 1 atom stereocenters. The van der Waals surface area contributed by atoms with Gasteiger partial charge in [-0.05, 0) is 30.5 Å². The molecular weight excluding hydrogens is 298 g/mol. The smallest absolute Gasteiger partial charge is 0.136 e. The molecule has 0 aromatic carbocycles. The van der Waals surface area contributed by atoms with Gasteiger partial charge in [0.05, 0.1) is 11.1 Å². The minimum absolute atomic E-state index is 0.402. The van der Waals surface area contributed by atoms with Crippen LogP contribution in [0.4, 0.5) is 0 Å². The first-order valence-corrected chi connectivity index (χ1v) is 7.98. The van der Waals surface area contributed by atoms with E-state index in [9.17, 15) is 5.11 Å². The predicted molar refractivity (Wildman–Crippen MR) is 86.5 cm³/mol. The summed E-state index contributed by atoms with van der Waals surface area (Å²) in [6.45, 7) is 2.78. The zero-order valence-corrected chi connectivity index (χ0v) is 13.4. The van der Waals surface area contributed by atoms with E-state index in [0.29, 0.717) is 18.8 Å². The molecular formula is C16H19N3O2S. The Hall–Kier alpha value is -1.89. The first kappa shape index (κ1) is 15.0. The van der Waals surface area contributed by atoms with Crippen LogP contribution in [-0.4, -0.2) is 21.4 Å². The molecule has 0 saturated carbocycles. The van der Waals surface area contributed by atoms with E-state index in [2.05, 4.69) is 16.5 Å². The number of aliphatic hydroxyl groups is 1. The molecule has 116 valence electrons. The minimum atomic E-state index is -1.03. The summed E-state index contributed by atoms with van der Waals surface area (Å²) >= 11 is 1.67. The minimum Gasteiger partial charge on any atom is -0.466 e. The number of thiophene rings is 1. The monoisotopic (exact) mass is 317 g/mol. The average molecular weight is 317 g/mol. The van der Waals surface area contributed by atoms with Gasteiger partial charge in [0, 0.05) is 31.9 Å². The first-order chi connectivity index (χ1) is 10.6. The SMILES string of the molecule is Cn1cc(CNCC(C)(O)c2ccco2)c(-c2cccs2)n1. The number of rotatable bonds is 6. The topological polar surface area (TPSA) is 63.2 Å². The maximum Gasteiger partial charge on any atom is 0.136 e. The van der Waals surface area contributed by atoms with Crippen molar-refractivity contribution < 1.29 is 9.52 Å². The first-order valence-electron chi connectivity index (χ1n) is 7.10. The van der Waals surface area contributed by atoms with Crippen LogP contribution in [0.2, 0.25) is 0 Å². The highest BCUT2D eigenvalue weighted by atomic mass is 32.1. The van der Waals surface area contributed by atoms with Crippen LogP contribution in [0.5, 0.6) is 0 Å². The summed E-state index contributed by atoms with van der Waals surface area (Å²) in [6, 6.07) is 7.64. The van der Waals surface area contributed by atoms with E-state index < -0.39 is 5.60 Å². The lowest BCUT2D eigenvalue weighted by molar-refractivity contribution is 0.0340. The molecule has 5 nitrogen and oxygen atoms in total. The number of furan rings is 1. The van der Waals surface area contributed by atoms with Gasteiger partial charge < -0.3 is 14.8 Å². The van der Waals surface area contributed by atoms with E-state index in [1.165, 1.54) is 0 Å². The largest absolute Gasteiger partial charge is 0.466 e. The highest BCUT2D eigenvalue weighted by Gasteiger charge is 2.25. The molecule has 3 aromatic heterocycles. The van der Waals surface area contributed by atoms with Crippen LogP contribution < -0.4 is 5.32 Å². The van der Waals surface area contributed by atoms with Gasteiger partial charge in [-0.25, -0.2) is 0 Å². The molecule has 2 N–H and O–H groups in total. The van der Waals surface area contributed by atoms with E-state index in [0.717, 1.165) is 16.1 Å². The summed E-state index contributed by atoms with van der Waals surface area (Å²) in [6.07, 6.45) is 3.57. The summed E-state index contributed by atoms with van der Waals surface area (Å²) in [7, 11) is 1.92. The van der Waals surface area contributed by atoms with Crippen LogP contribution in [0.3, 0.4) is 0 Å². The van der Waals surface area contributed by atoms with Crippen LogP contribution in [0, 0.1) is 0 Å². The molecule has 3 aromatic rings. The van der Waals surface area contributed by atoms with Gasteiger partial charge in [-0.3, -0.25) is 4.68 Å². The third-order valence-electron chi connectivity index (χ3n) is 3.50. The second-order valence-electron chi connectivity index (χ2n) is 5.51. The zero-order valence-electron chi connectivity index (χ0n) is 12.6. The maximum atomic E-state index is 10.4. The van der Waals surface area contributed by atoms with Crippen molar-refractivity contribution in [3.8, 4) is 10.6 Å². The Morgan fingerprint density at radius 3 is 2.95 bits per heavy atom. The van der Waals surface area contributed by atoms with Gasteiger partial charge in [0.15, 0.2) is 0 Å². The molecule has 0 amide bonds. The number of nitrogens with one attached hydrogen (secondary N) is 1. The van der Waals surface area contributed by atoms with Crippen molar-refractivity contribution in [2.45, 2.75) is 19.1 Å². The Morgan fingerprint density at radius 1 is 1.41 bits per heavy atom. The molecule has 6 heteroatoms. The van der Waals surface area contributed by atoms with Crippen LogP contribution in [-0.2, 0) is 19.2 Å². The van der Waals surface area contributed by atoms with Crippen LogP contribution in [0.15, 0.2) is 46.5 Å². The number of nitrogens with zero attached hydrogens (tertiary/aromatic N) is 2. The molecule has 0 saturated heterocycles. The third-order valence-corrected chi connectivity index (χ3v) is 4.37. The Balaban J connectivity index is 1.68. The maximum absolute atomic E-state index is 10.4. The highest BCUT2D eigenvalue weighted by molar-refractivity contribution is 7.13. The predicted octanol–water partition coefficient (Wildman–Crippen LogP) is 2.74. The Bertz CT molecular complexity index is 715. The van der Waals surface area contributed by atoms with E-state index in [1.807, 2.05) is 29.4 Å². The number of hydrogen-bond acceptors (Lipinski definition) is 5. The van der Waals surface area contributed by atoms with E-state index >= 15 is 0 Å². The fourth-order valence-electron chi connectivity index (χ4n) is 2.40. The van der Waals surface area contributed by atoms with Crippen molar-refractivity contribution >= 4 is 11.3 Å². The molecule has 0 fully saturated rings. The van der Waals surface area contributed by atoms with Crippen LogP contribution >= 0.6 is 11.3 Å². The molecule has 0 spiro atoms. The third kappa shape index (κ3) is 3.14. The molecule has 3 heterocycles. The van der Waals surface area contributed by atoms with Gasteiger partial charge in [0.2, 0.25) is 0 Å². The summed E-state index contributed by atoms with van der Waals surface area (Å²) in [5, 5.41) is 20.3. The van der Waals surface area contributed by atoms with Gasteiger partial charge in [0.1, 0.15) is 17.1 Å². The van der Waals surface area contributed by atoms with Crippen molar-refractivity contribution in [3.63, 3.8) is 0 Å². The lowest BCUT2D eigenvalue weighted by Gasteiger charge is -2.21. The second-order valence-corrected chi connectivity index (χ2v) is 6.46. The lowest BCUT2D eigenvalue weighted by atomic mass is 10.0. The summed E-state index contributed by atoms with van der Waals surface area (Å²) in [5.41, 5.74) is 1.07. The fraction of sp³-hybridized carbons (Fsp3) is 0.312. The molecule has 0 aliphatic carbocycles. The van der Waals surface area contributed by atoms with Crippen molar-refractivity contribution in [2.24, 2.45) is 7.05 Å². The number of hydrogen-bond donors (Lipinski definition) is 2. The Kier molecular flexibility index (Phi) is 4.15. The number of aromatic nitrogens is 2. The lowest BCUT2D eigenvalue weighted by Crippen LogP contribution is -2.34. The van der Waals surface area contributed by atoms with Crippen LogP contribution in [0.25, 0.3) is 10.6 Å². The summed E-state index contributed by atoms with van der Waals surface area (Å²) in [5.74, 6) is 0.560. The molecule has 3 rings (SSSR count). The van der Waals surface area contributed by atoms with Crippen molar-refractivity contribution in [3.05, 3.63) is 53.4 Å². The second kappa shape index (κ2) is 6.08. The summed E-state index contributed by atoms with van der Waals surface area (Å²) in [4.78, 5) is 1.15. The zero-order chi connectivity index (χ0) is 15.6.